The molecule has 2 aromatic rings. The summed E-state index contributed by atoms with van der Waals surface area (Å²) in [6.45, 7) is 4.73. The number of aromatic nitrogens is 2. The van der Waals surface area contributed by atoms with Crippen molar-refractivity contribution in [3.05, 3.63) is 41.6 Å². The highest BCUT2D eigenvalue weighted by molar-refractivity contribution is 7.89. The molecule has 0 saturated carbocycles. The van der Waals surface area contributed by atoms with E-state index in [-0.39, 0.29) is 17.3 Å². The second kappa shape index (κ2) is 6.28. The molecule has 0 unspecified atom stereocenters. The molecule has 1 heterocycles. The molecule has 0 atom stereocenters. The summed E-state index contributed by atoms with van der Waals surface area (Å²) in [7, 11) is -3.65. The average Bonchev–Trinajstić information content (AvgIpc) is 2.88. The molecular formula is C14H20N4O2S. The summed E-state index contributed by atoms with van der Waals surface area (Å²) in [5, 5.41) is 3.95. The van der Waals surface area contributed by atoms with Gasteiger partial charge in [0.25, 0.3) is 0 Å². The van der Waals surface area contributed by atoms with Crippen molar-refractivity contribution in [1.29, 1.82) is 0 Å². The predicted octanol–water partition coefficient (Wildman–Crippen LogP) is 1.53. The van der Waals surface area contributed by atoms with Gasteiger partial charge in [0.2, 0.25) is 10.0 Å². The normalized spacial score (nSPS) is 11.7. The van der Waals surface area contributed by atoms with Crippen LogP contribution in [0.3, 0.4) is 0 Å². The molecule has 7 heteroatoms. The number of hydrogen-bond acceptors (Lipinski definition) is 4. The zero-order valence-corrected chi connectivity index (χ0v) is 13.0. The first-order chi connectivity index (χ1) is 9.96. The summed E-state index contributed by atoms with van der Waals surface area (Å²) in [6.07, 6.45) is 2.40. The second-order valence-electron chi connectivity index (χ2n) is 4.73. The second-order valence-corrected chi connectivity index (χ2v) is 6.46. The highest BCUT2D eigenvalue weighted by atomic mass is 32.2. The van der Waals surface area contributed by atoms with Gasteiger partial charge in [0, 0.05) is 19.3 Å². The Morgan fingerprint density at radius 1 is 1.19 bits per heavy atom. The average molecular weight is 308 g/mol. The third kappa shape index (κ3) is 3.62. The van der Waals surface area contributed by atoms with Gasteiger partial charge in [0.1, 0.15) is 4.90 Å². The van der Waals surface area contributed by atoms with Crippen LogP contribution in [0.15, 0.2) is 35.4 Å². The number of aryl methyl sites for hydroxylation is 2. The molecule has 0 aliphatic carbocycles. The lowest BCUT2D eigenvalue weighted by molar-refractivity contribution is 0.581. The van der Waals surface area contributed by atoms with E-state index in [9.17, 15) is 8.42 Å². The van der Waals surface area contributed by atoms with Crippen molar-refractivity contribution < 1.29 is 8.42 Å². The molecule has 1 aromatic heterocycles. The standard InChI is InChI=1S/C14H20N4O2S/c1-3-11-5-7-12(8-6-11)9-16-21(19,20)13-10-18(4-2)17-14(13)15/h5-8,10,16H,3-4,9H2,1-2H3,(H2,15,17). The number of nitrogens with zero attached hydrogens (tertiary/aromatic N) is 2. The van der Waals surface area contributed by atoms with E-state index < -0.39 is 10.0 Å². The summed E-state index contributed by atoms with van der Waals surface area (Å²) < 4.78 is 28.5. The lowest BCUT2D eigenvalue weighted by Gasteiger charge is -2.06. The Morgan fingerprint density at radius 3 is 2.33 bits per heavy atom. The van der Waals surface area contributed by atoms with Gasteiger partial charge in [0.15, 0.2) is 5.82 Å². The zero-order chi connectivity index (χ0) is 15.5. The number of rotatable bonds is 6. The number of hydrogen-bond donors (Lipinski definition) is 2. The van der Waals surface area contributed by atoms with Crippen molar-refractivity contribution in [3.63, 3.8) is 0 Å². The first-order valence-electron chi connectivity index (χ1n) is 6.86. The molecule has 1 aromatic carbocycles. The zero-order valence-electron chi connectivity index (χ0n) is 12.2. The fourth-order valence-electron chi connectivity index (χ4n) is 1.94. The van der Waals surface area contributed by atoms with Crippen molar-refractivity contribution in [3.8, 4) is 0 Å². The maximum atomic E-state index is 12.2. The molecule has 0 aliphatic rings. The predicted molar refractivity (Wildman–Crippen MR) is 82.2 cm³/mol. The van der Waals surface area contributed by atoms with Crippen molar-refractivity contribution >= 4 is 15.8 Å². The van der Waals surface area contributed by atoms with Crippen LogP contribution in [0.2, 0.25) is 0 Å². The van der Waals surface area contributed by atoms with Gasteiger partial charge >= 0.3 is 0 Å². The van der Waals surface area contributed by atoms with E-state index in [1.54, 1.807) is 0 Å². The summed E-state index contributed by atoms with van der Waals surface area (Å²) >= 11 is 0. The fraction of sp³-hybridized carbons (Fsp3) is 0.357. The van der Waals surface area contributed by atoms with E-state index in [1.807, 2.05) is 31.2 Å². The fourth-order valence-corrected chi connectivity index (χ4v) is 3.02. The highest BCUT2D eigenvalue weighted by Crippen LogP contribution is 2.16. The van der Waals surface area contributed by atoms with Crippen molar-refractivity contribution in [1.82, 2.24) is 14.5 Å². The van der Waals surface area contributed by atoms with E-state index in [0.717, 1.165) is 12.0 Å². The molecule has 0 fully saturated rings. The molecule has 0 bridgehead atoms. The largest absolute Gasteiger partial charge is 0.381 e. The minimum atomic E-state index is -3.65. The van der Waals surface area contributed by atoms with Crippen molar-refractivity contribution in [2.24, 2.45) is 0 Å². The lowest BCUT2D eigenvalue weighted by Crippen LogP contribution is -2.23. The number of sulfonamides is 1. The Morgan fingerprint density at radius 2 is 1.81 bits per heavy atom. The van der Waals surface area contributed by atoms with Crippen LogP contribution in [-0.2, 0) is 29.5 Å². The number of nitrogens with two attached hydrogens (primary N) is 1. The topological polar surface area (TPSA) is 90.0 Å². The minimum absolute atomic E-state index is 0.0191. The molecular weight excluding hydrogens is 288 g/mol. The van der Waals surface area contributed by atoms with Crippen LogP contribution in [0.4, 0.5) is 5.82 Å². The molecule has 2 rings (SSSR count). The first kappa shape index (κ1) is 15.5. The molecule has 0 spiro atoms. The van der Waals surface area contributed by atoms with Crippen LogP contribution in [0, 0.1) is 0 Å². The van der Waals surface area contributed by atoms with E-state index in [0.29, 0.717) is 6.54 Å². The van der Waals surface area contributed by atoms with Gasteiger partial charge in [-0.3, -0.25) is 4.68 Å². The Hall–Kier alpha value is -1.86. The van der Waals surface area contributed by atoms with Crippen LogP contribution in [-0.4, -0.2) is 18.2 Å². The smallest absolute Gasteiger partial charge is 0.246 e. The third-order valence-electron chi connectivity index (χ3n) is 3.27. The van der Waals surface area contributed by atoms with E-state index in [4.69, 9.17) is 5.73 Å². The lowest BCUT2D eigenvalue weighted by atomic mass is 10.1. The minimum Gasteiger partial charge on any atom is -0.381 e. The maximum Gasteiger partial charge on any atom is 0.246 e. The highest BCUT2D eigenvalue weighted by Gasteiger charge is 2.20. The summed E-state index contributed by atoms with van der Waals surface area (Å²) in [6, 6.07) is 7.82. The first-order valence-corrected chi connectivity index (χ1v) is 8.35. The van der Waals surface area contributed by atoms with Gasteiger partial charge in [-0.2, -0.15) is 5.10 Å². The molecule has 0 aliphatic heterocycles. The van der Waals surface area contributed by atoms with E-state index >= 15 is 0 Å². The molecule has 6 nitrogen and oxygen atoms in total. The molecule has 3 N–H and O–H groups in total. The van der Waals surface area contributed by atoms with Crippen molar-refractivity contribution in [2.45, 2.75) is 38.3 Å². The molecule has 0 radical (unpaired) electrons. The van der Waals surface area contributed by atoms with Crippen LogP contribution in [0.25, 0.3) is 0 Å². The summed E-state index contributed by atoms with van der Waals surface area (Å²) in [5.74, 6) is 0.0191. The van der Waals surface area contributed by atoms with Crippen LogP contribution in [0.5, 0.6) is 0 Å². The number of nitrogens with one attached hydrogen (secondary N) is 1. The Balaban J connectivity index is 2.11. The third-order valence-corrected chi connectivity index (χ3v) is 4.68. The quantitative estimate of drug-likeness (QED) is 0.846. The summed E-state index contributed by atoms with van der Waals surface area (Å²) in [4.78, 5) is 0.0227. The SMILES string of the molecule is CCc1ccc(CNS(=O)(=O)c2cn(CC)nc2N)cc1. The number of benzene rings is 1. The molecule has 114 valence electrons. The Kier molecular flexibility index (Phi) is 4.64. The molecule has 0 amide bonds. The number of nitrogen functional groups attached to an aromatic ring is 1. The van der Waals surface area contributed by atoms with Crippen LogP contribution in [0.1, 0.15) is 25.0 Å². The monoisotopic (exact) mass is 308 g/mol. The van der Waals surface area contributed by atoms with Gasteiger partial charge in [-0.1, -0.05) is 31.2 Å². The van der Waals surface area contributed by atoms with Gasteiger partial charge in [-0.25, -0.2) is 13.1 Å². The van der Waals surface area contributed by atoms with Gasteiger partial charge in [-0.05, 0) is 24.5 Å². The molecule has 21 heavy (non-hydrogen) atoms. The van der Waals surface area contributed by atoms with Crippen LogP contribution >= 0.6 is 0 Å². The maximum absolute atomic E-state index is 12.2. The van der Waals surface area contributed by atoms with E-state index in [1.165, 1.54) is 16.4 Å². The van der Waals surface area contributed by atoms with Gasteiger partial charge in [-0.15, -0.1) is 0 Å². The Bertz CT molecular complexity index is 705. The van der Waals surface area contributed by atoms with E-state index in [2.05, 4.69) is 16.7 Å². The van der Waals surface area contributed by atoms with Crippen molar-refractivity contribution in [2.75, 3.05) is 5.73 Å². The Labute approximate surface area is 125 Å². The van der Waals surface area contributed by atoms with Gasteiger partial charge < -0.3 is 5.73 Å². The van der Waals surface area contributed by atoms with Gasteiger partial charge in [0.05, 0.1) is 0 Å². The summed E-state index contributed by atoms with van der Waals surface area (Å²) in [5.41, 5.74) is 7.78. The molecule has 0 saturated heterocycles. The number of anilines is 1. The van der Waals surface area contributed by atoms with Crippen LogP contribution < -0.4 is 10.5 Å².